The Morgan fingerprint density at radius 2 is 1.86 bits per heavy atom. The number of likely N-dealkylation sites (N-methyl/N-ethyl adjacent to an activating group) is 1. The van der Waals surface area contributed by atoms with Crippen LogP contribution in [0.2, 0.25) is 0 Å². The number of benzene rings is 1. The molecule has 0 amide bonds. The molecule has 0 heterocycles. The Labute approximate surface area is 130 Å². The van der Waals surface area contributed by atoms with Crippen LogP contribution in [0, 0.1) is 0 Å². The Morgan fingerprint density at radius 1 is 1.19 bits per heavy atom. The van der Waals surface area contributed by atoms with Crippen LogP contribution in [-0.4, -0.2) is 44.8 Å². The summed E-state index contributed by atoms with van der Waals surface area (Å²) < 4.78 is 5.22. The van der Waals surface area contributed by atoms with Gasteiger partial charge in [-0.15, -0.1) is 0 Å². The highest BCUT2D eigenvalue weighted by Crippen LogP contribution is 2.17. The predicted octanol–water partition coefficient (Wildman–Crippen LogP) is 3.26. The number of nitrogens with zero attached hydrogens (tertiary/aromatic N) is 1. The number of rotatable bonds is 10. The van der Waals surface area contributed by atoms with Crippen molar-refractivity contribution in [3.8, 4) is 0 Å². The van der Waals surface area contributed by atoms with Gasteiger partial charge in [-0.1, -0.05) is 37.6 Å². The van der Waals surface area contributed by atoms with E-state index in [1.807, 2.05) is 7.05 Å². The monoisotopic (exact) mass is 292 g/mol. The van der Waals surface area contributed by atoms with Crippen molar-refractivity contribution in [2.45, 2.75) is 45.7 Å². The van der Waals surface area contributed by atoms with E-state index in [0.29, 0.717) is 12.1 Å². The van der Waals surface area contributed by atoms with E-state index in [1.165, 1.54) is 17.5 Å². The molecule has 1 rings (SSSR count). The molecule has 0 bridgehead atoms. The number of methoxy groups -OCH3 is 1. The SMILES string of the molecule is CCCc1ccc(C(CN(CCOC)C(C)C)NC)cc1. The summed E-state index contributed by atoms with van der Waals surface area (Å²) in [6.45, 7) is 9.47. The van der Waals surface area contributed by atoms with E-state index in [0.717, 1.165) is 26.1 Å². The van der Waals surface area contributed by atoms with E-state index in [1.54, 1.807) is 7.11 Å². The fourth-order valence-corrected chi connectivity index (χ4v) is 2.57. The first-order chi connectivity index (χ1) is 10.1. The summed E-state index contributed by atoms with van der Waals surface area (Å²) >= 11 is 0. The molecule has 3 nitrogen and oxygen atoms in total. The molecule has 0 saturated heterocycles. The number of hydrogen-bond acceptors (Lipinski definition) is 3. The first-order valence-electron chi connectivity index (χ1n) is 8.11. The van der Waals surface area contributed by atoms with Crippen LogP contribution >= 0.6 is 0 Å². The van der Waals surface area contributed by atoms with Gasteiger partial charge in [0.2, 0.25) is 0 Å². The molecule has 1 aromatic carbocycles. The fourth-order valence-electron chi connectivity index (χ4n) is 2.57. The topological polar surface area (TPSA) is 24.5 Å². The number of hydrogen-bond donors (Lipinski definition) is 1. The summed E-state index contributed by atoms with van der Waals surface area (Å²) in [7, 11) is 3.81. The van der Waals surface area contributed by atoms with Gasteiger partial charge in [0.15, 0.2) is 0 Å². The molecular formula is C18H32N2O. The lowest BCUT2D eigenvalue weighted by Gasteiger charge is -2.30. The second-order valence-corrected chi connectivity index (χ2v) is 5.91. The van der Waals surface area contributed by atoms with Gasteiger partial charge in [-0.25, -0.2) is 0 Å². The molecule has 1 N–H and O–H groups in total. The highest BCUT2D eigenvalue weighted by Gasteiger charge is 2.16. The lowest BCUT2D eigenvalue weighted by Crippen LogP contribution is -2.40. The molecule has 0 spiro atoms. The molecule has 0 aromatic heterocycles. The fraction of sp³-hybridized carbons (Fsp3) is 0.667. The van der Waals surface area contributed by atoms with Crippen LogP contribution in [0.3, 0.4) is 0 Å². The number of nitrogens with one attached hydrogen (secondary N) is 1. The maximum absolute atomic E-state index is 5.22. The molecule has 0 aliphatic heterocycles. The maximum Gasteiger partial charge on any atom is 0.0589 e. The standard InChI is InChI=1S/C18H32N2O/c1-6-7-16-8-10-17(11-9-16)18(19-4)14-20(15(2)3)12-13-21-5/h8-11,15,18-19H,6-7,12-14H2,1-5H3. The normalized spacial score (nSPS) is 13.1. The molecule has 21 heavy (non-hydrogen) atoms. The molecule has 0 aliphatic rings. The van der Waals surface area contributed by atoms with Gasteiger partial charge in [0.1, 0.15) is 0 Å². The highest BCUT2D eigenvalue weighted by atomic mass is 16.5. The largest absolute Gasteiger partial charge is 0.383 e. The summed E-state index contributed by atoms with van der Waals surface area (Å²) in [5.74, 6) is 0. The summed E-state index contributed by atoms with van der Waals surface area (Å²) in [6.07, 6.45) is 2.36. The summed E-state index contributed by atoms with van der Waals surface area (Å²) in [5.41, 5.74) is 2.79. The van der Waals surface area contributed by atoms with Gasteiger partial charge in [-0.2, -0.15) is 0 Å². The van der Waals surface area contributed by atoms with E-state index < -0.39 is 0 Å². The average Bonchev–Trinajstić information content (AvgIpc) is 2.48. The minimum absolute atomic E-state index is 0.361. The van der Waals surface area contributed by atoms with Crippen molar-refractivity contribution in [3.05, 3.63) is 35.4 Å². The quantitative estimate of drug-likeness (QED) is 0.716. The third kappa shape index (κ3) is 6.16. The van der Waals surface area contributed by atoms with Crippen molar-refractivity contribution < 1.29 is 4.74 Å². The Morgan fingerprint density at radius 3 is 2.33 bits per heavy atom. The number of aryl methyl sites for hydroxylation is 1. The van der Waals surface area contributed by atoms with E-state index >= 15 is 0 Å². The highest BCUT2D eigenvalue weighted by molar-refractivity contribution is 5.25. The molecular weight excluding hydrogens is 260 g/mol. The van der Waals surface area contributed by atoms with E-state index in [9.17, 15) is 0 Å². The van der Waals surface area contributed by atoms with Gasteiger partial charge in [0, 0.05) is 32.3 Å². The molecule has 0 aliphatic carbocycles. The minimum Gasteiger partial charge on any atom is -0.383 e. The van der Waals surface area contributed by atoms with Crippen LogP contribution in [0.5, 0.6) is 0 Å². The summed E-state index contributed by atoms with van der Waals surface area (Å²) in [5, 5.41) is 3.45. The first kappa shape index (κ1) is 18.1. The zero-order valence-electron chi connectivity index (χ0n) is 14.4. The smallest absolute Gasteiger partial charge is 0.0589 e. The van der Waals surface area contributed by atoms with E-state index in [2.05, 4.69) is 55.3 Å². The Bertz CT molecular complexity index is 375. The van der Waals surface area contributed by atoms with Gasteiger partial charge in [0.05, 0.1) is 6.61 Å². The second kappa shape index (κ2) is 9.93. The predicted molar refractivity (Wildman–Crippen MR) is 90.8 cm³/mol. The number of ether oxygens (including phenoxy) is 1. The maximum atomic E-state index is 5.22. The zero-order valence-corrected chi connectivity index (χ0v) is 14.4. The van der Waals surface area contributed by atoms with Gasteiger partial charge >= 0.3 is 0 Å². The van der Waals surface area contributed by atoms with Crippen molar-refractivity contribution in [2.75, 3.05) is 33.9 Å². The third-order valence-corrected chi connectivity index (χ3v) is 4.00. The lowest BCUT2D eigenvalue weighted by molar-refractivity contribution is 0.122. The zero-order chi connectivity index (χ0) is 15.7. The third-order valence-electron chi connectivity index (χ3n) is 4.00. The van der Waals surface area contributed by atoms with Crippen molar-refractivity contribution in [1.82, 2.24) is 10.2 Å². The first-order valence-corrected chi connectivity index (χ1v) is 8.11. The average molecular weight is 292 g/mol. The van der Waals surface area contributed by atoms with Crippen LogP contribution < -0.4 is 5.32 Å². The van der Waals surface area contributed by atoms with E-state index in [-0.39, 0.29) is 0 Å². The Kier molecular flexibility index (Phi) is 8.58. The summed E-state index contributed by atoms with van der Waals surface area (Å²) in [4.78, 5) is 2.46. The van der Waals surface area contributed by atoms with Crippen LogP contribution in [0.25, 0.3) is 0 Å². The van der Waals surface area contributed by atoms with Crippen molar-refractivity contribution in [3.63, 3.8) is 0 Å². The van der Waals surface area contributed by atoms with Gasteiger partial charge in [0.25, 0.3) is 0 Å². The van der Waals surface area contributed by atoms with Crippen molar-refractivity contribution >= 4 is 0 Å². The molecule has 0 saturated carbocycles. The minimum atomic E-state index is 0.361. The lowest BCUT2D eigenvalue weighted by atomic mass is 10.0. The molecule has 1 atom stereocenters. The molecule has 0 fully saturated rings. The van der Waals surface area contributed by atoms with Crippen molar-refractivity contribution in [2.24, 2.45) is 0 Å². The molecule has 3 heteroatoms. The molecule has 1 aromatic rings. The van der Waals surface area contributed by atoms with Crippen LogP contribution in [0.4, 0.5) is 0 Å². The van der Waals surface area contributed by atoms with Gasteiger partial charge in [-0.3, -0.25) is 4.90 Å². The van der Waals surface area contributed by atoms with E-state index in [4.69, 9.17) is 4.74 Å². The van der Waals surface area contributed by atoms with Crippen LogP contribution in [0.15, 0.2) is 24.3 Å². The van der Waals surface area contributed by atoms with Crippen LogP contribution in [0.1, 0.15) is 44.4 Å². The van der Waals surface area contributed by atoms with Gasteiger partial charge < -0.3 is 10.1 Å². The molecule has 0 radical (unpaired) electrons. The second-order valence-electron chi connectivity index (χ2n) is 5.91. The summed E-state index contributed by atoms with van der Waals surface area (Å²) in [6, 6.07) is 9.94. The molecule has 1 unspecified atom stereocenters. The Balaban J connectivity index is 2.71. The Hall–Kier alpha value is -0.900. The van der Waals surface area contributed by atoms with Gasteiger partial charge in [-0.05, 0) is 38.4 Å². The molecule has 120 valence electrons. The van der Waals surface area contributed by atoms with Crippen molar-refractivity contribution in [1.29, 1.82) is 0 Å². The van der Waals surface area contributed by atoms with Crippen LogP contribution in [-0.2, 0) is 11.2 Å².